The predicted octanol–water partition coefficient (Wildman–Crippen LogP) is 4.09. The fraction of sp³-hybridized carbons (Fsp3) is 0.400. The van der Waals surface area contributed by atoms with Gasteiger partial charge in [0.05, 0.1) is 18.5 Å². The van der Waals surface area contributed by atoms with Crippen molar-refractivity contribution < 1.29 is 48.3 Å². The lowest BCUT2D eigenvalue weighted by Crippen LogP contribution is -2.33. The highest BCUT2D eigenvalue weighted by Crippen LogP contribution is 2.33. The van der Waals surface area contributed by atoms with Crippen LogP contribution >= 0.6 is 0 Å². The zero-order chi connectivity index (χ0) is 38.8. The molecule has 1 saturated carbocycles. The summed E-state index contributed by atoms with van der Waals surface area (Å²) in [7, 11) is -3.54. The number of aliphatic hydroxyl groups excluding tert-OH is 3. The van der Waals surface area contributed by atoms with Gasteiger partial charge in [-0.15, -0.1) is 0 Å². The van der Waals surface area contributed by atoms with Gasteiger partial charge < -0.3 is 35.6 Å². The monoisotopic (exact) mass is 752 g/mol. The molecule has 0 radical (unpaired) electrons. The summed E-state index contributed by atoms with van der Waals surface area (Å²) in [5.41, 5.74) is 1.91. The largest absolute Gasteiger partial charge is 0.508 e. The van der Waals surface area contributed by atoms with Gasteiger partial charge >= 0.3 is 0 Å². The van der Waals surface area contributed by atoms with Gasteiger partial charge in [0.25, 0.3) is 0 Å². The fourth-order valence-electron chi connectivity index (χ4n) is 5.72. The van der Waals surface area contributed by atoms with Crippen LogP contribution in [0.25, 0.3) is 0 Å². The van der Waals surface area contributed by atoms with Crippen LogP contribution in [-0.2, 0) is 26.0 Å². The van der Waals surface area contributed by atoms with E-state index in [1.807, 2.05) is 54.1 Å². The number of allylic oxidation sites excluding steroid dienone is 2. The number of phenolic OH excluding ortho intramolecular Hbond substituents is 2. The number of aromatic hydroxyl groups is 2. The number of carbonyl (C=O) groups is 2. The van der Waals surface area contributed by atoms with E-state index < -0.39 is 34.2 Å². The zero-order valence-electron chi connectivity index (χ0n) is 30.1. The zero-order valence-corrected chi connectivity index (χ0v) is 30.9. The maximum absolute atomic E-state index is 12.3. The van der Waals surface area contributed by atoms with Crippen molar-refractivity contribution in [2.45, 2.75) is 69.8 Å². The molecule has 1 amide bonds. The molecule has 53 heavy (non-hydrogen) atoms. The second-order valence-corrected chi connectivity index (χ2v) is 14.8. The Hall–Kier alpha value is -4.53. The number of unbranched alkanes of at least 4 members (excludes halogenated alkanes) is 1. The predicted molar refractivity (Wildman–Crippen MR) is 203 cm³/mol. The van der Waals surface area contributed by atoms with E-state index in [9.17, 15) is 43.5 Å². The molecule has 1 aliphatic carbocycles. The number of ether oxygens (including phenoxy) is 1. The van der Waals surface area contributed by atoms with Gasteiger partial charge in [0, 0.05) is 30.7 Å². The quantitative estimate of drug-likeness (QED) is 0.0729. The average Bonchev–Trinajstić information content (AvgIpc) is 3.39. The summed E-state index contributed by atoms with van der Waals surface area (Å²) < 4.78 is 29.4. The number of phenols is 2. The number of ketones is 1. The van der Waals surface area contributed by atoms with Crippen molar-refractivity contribution in [3.05, 3.63) is 114 Å². The molecule has 1 aliphatic rings. The van der Waals surface area contributed by atoms with Crippen LogP contribution in [-0.4, -0.2) is 83.3 Å². The van der Waals surface area contributed by atoms with Crippen molar-refractivity contribution in [3.63, 3.8) is 0 Å². The first-order valence-corrected chi connectivity index (χ1v) is 19.5. The number of para-hydroxylation sites is 1. The number of aliphatic hydroxyl groups is 3. The Morgan fingerprint density at radius 1 is 0.962 bits per heavy atom. The van der Waals surface area contributed by atoms with Crippen LogP contribution in [0.15, 0.2) is 103 Å². The number of carbonyl (C=O) groups excluding carboxylic acids is 2. The minimum atomic E-state index is -3.54. The molecule has 4 rings (SSSR count). The Labute approximate surface area is 311 Å². The minimum Gasteiger partial charge on any atom is -0.508 e. The Bertz CT molecular complexity index is 1710. The van der Waals surface area contributed by atoms with E-state index in [1.54, 1.807) is 60.7 Å². The van der Waals surface area contributed by atoms with E-state index in [2.05, 4.69) is 5.32 Å². The van der Waals surface area contributed by atoms with E-state index in [1.165, 1.54) is 0 Å². The van der Waals surface area contributed by atoms with Crippen molar-refractivity contribution in [3.8, 4) is 17.2 Å². The summed E-state index contributed by atoms with van der Waals surface area (Å²) in [5, 5.41) is 52.4. The molecule has 13 heteroatoms. The number of sulfonamides is 1. The first-order chi connectivity index (χ1) is 25.2. The number of benzene rings is 3. The first kappa shape index (κ1) is 42.9. The van der Waals surface area contributed by atoms with Gasteiger partial charge in [0.1, 0.15) is 35.7 Å². The van der Waals surface area contributed by atoms with Gasteiger partial charge in [-0.2, -0.15) is 0 Å². The highest BCUT2D eigenvalue weighted by Gasteiger charge is 2.39. The van der Waals surface area contributed by atoms with E-state index in [-0.39, 0.29) is 54.6 Å². The van der Waals surface area contributed by atoms with E-state index >= 15 is 0 Å². The molecule has 12 nitrogen and oxygen atoms in total. The summed E-state index contributed by atoms with van der Waals surface area (Å²) in [6, 6.07) is 22.7. The SMILES string of the molecule is CS(=O)(=O)NC(=O)CCC/C=C\C[C@H]1C(=O)C[C@@H](O)[C@@H]1/C=C/[C@@H](O)COc1ccccc1.C[C@H](NCCc1ccc(O)cc1)[C@H](O)c1ccc(O)cc1. The van der Waals surface area contributed by atoms with Crippen molar-refractivity contribution in [2.24, 2.45) is 11.8 Å². The normalized spacial score (nSPS) is 19.0. The second-order valence-electron chi connectivity index (χ2n) is 13.1. The topological polar surface area (TPSA) is 203 Å². The lowest BCUT2D eigenvalue weighted by Gasteiger charge is -2.20. The van der Waals surface area contributed by atoms with Gasteiger partial charge in [-0.25, -0.2) is 8.42 Å². The van der Waals surface area contributed by atoms with Crippen LogP contribution in [0.5, 0.6) is 17.2 Å². The van der Waals surface area contributed by atoms with E-state index in [0.717, 1.165) is 30.3 Å². The summed E-state index contributed by atoms with van der Waals surface area (Å²) in [5.74, 6) is -0.240. The summed E-state index contributed by atoms with van der Waals surface area (Å²) in [6.07, 6.45) is 8.05. The molecule has 3 aromatic rings. The molecule has 1 fully saturated rings. The Morgan fingerprint density at radius 2 is 1.60 bits per heavy atom. The van der Waals surface area contributed by atoms with Gasteiger partial charge in [-0.05, 0) is 86.7 Å². The third-order valence-electron chi connectivity index (χ3n) is 8.61. The highest BCUT2D eigenvalue weighted by atomic mass is 32.2. The van der Waals surface area contributed by atoms with Crippen LogP contribution in [0, 0.1) is 11.8 Å². The number of nitrogens with one attached hydrogen (secondary N) is 2. The molecular weight excluding hydrogens is 701 g/mol. The van der Waals surface area contributed by atoms with Crippen LogP contribution in [0.3, 0.4) is 0 Å². The third kappa shape index (κ3) is 16.4. The molecule has 6 atom stereocenters. The Balaban J connectivity index is 0.000000311. The van der Waals surface area contributed by atoms with Crippen LogP contribution in [0.4, 0.5) is 0 Å². The molecule has 0 aliphatic heterocycles. The Kier molecular flexibility index (Phi) is 17.7. The van der Waals surface area contributed by atoms with Crippen LogP contribution in [0.2, 0.25) is 0 Å². The molecular formula is C40H52N2O10S. The average molecular weight is 753 g/mol. The molecule has 7 N–H and O–H groups in total. The van der Waals surface area contributed by atoms with Gasteiger partial charge in [-0.3, -0.25) is 14.3 Å². The van der Waals surface area contributed by atoms with Crippen molar-refractivity contribution in [2.75, 3.05) is 19.4 Å². The van der Waals surface area contributed by atoms with E-state index in [4.69, 9.17) is 4.74 Å². The molecule has 0 saturated heterocycles. The van der Waals surface area contributed by atoms with Gasteiger partial charge in [0.15, 0.2) is 0 Å². The molecule has 3 aromatic carbocycles. The highest BCUT2D eigenvalue weighted by molar-refractivity contribution is 7.89. The summed E-state index contributed by atoms with van der Waals surface area (Å²) in [6.45, 7) is 2.73. The van der Waals surface area contributed by atoms with Crippen molar-refractivity contribution in [1.29, 1.82) is 0 Å². The molecule has 0 unspecified atom stereocenters. The molecule has 0 heterocycles. The lowest BCUT2D eigenvalue weighted by atomic mass is 9.90. The first-order valence-electron chi connectivity index (χ1n) is 17.6. The number of amides is 1. The number of hydrogen-bond acceptors (Lipinski definition) is 11. The van der Waals surface area contributed by atoms with E-state index in [0.29, 0.717) is 25.0 Å². The van der Waals surface area contributed by atoms with Crippen molar-refractivity contribution >= 4 is 21.7 Å². The smallest absolute Gasteiger partial charge is 0.233 e. The third-order valence-corrected chi connectivity index (χ3v) is 9.21. The fourth-order valence-corrected chi connectivity index (χ4v) is 6.23. The van der Waals surface area contributed by atoms with Gasteiger partial charge in [0.2, 0.25) is 15.9 Å². The minimum absolute atomic E-state index is 0.0284. The molecule has 288 valence electrons. The number of rotatable bonds is 18. The Morgan fingerprint density at radius 3 is 2.25 bits per heavy atom. The van der Waals surface area contributed by atoms with Crippen molar-refractivity contribution in [1.82, 2.24) is 10.0 Å². The van der Waals surface area contributed by atoms with Crippen LogP contribution < -0.4 is 14.8 Å². The summed E-state index contributed by atoms with van der Waals surface area (Å²) in [4.78, 5) is 23.7. The second kappa shape index (κ2) is 21.9. The maximum atomic E-state index is 12.3. The lowest BCUT2D eigenvalue weighted by molar-refractivity contribution is -0.121. The number of Topliss-reactive ketones (excluding diaryl/α,β-unsaturated/α-hetero) is 1. The molecule has 0 bridgehead atoms. The molecule has 0 aromatic heterocycles. The van der Waals surface area contributed by atoms with Gasteiger partial charge in [-0.1, -0.05) is 66.8 Å². The maximum Gasteiger partial charge on any atom is 0.233 e. The molecule has 0 spiro atoms. The summed E-state index contributed by atoms with van der Waals surface area (Å²) >= 11 is 0. The van der Waals surface area contributed by atoms with Crippen LogP contribution in [0.1, 0.15) is 56.3 Å². The number of hydrogen-bond donors (Lipinski definition) is 7. The standard InChI is InChI=1S/C23H31NO7S.C17H21NO3/c1-32(29,30)24-23(28)12-8-3-2-7-11-19-20(22(27)15-21(19)26)14-13-17(25)16-31-18-9-5-4-6-10-18;1-12(17(21)14-4-8-16(20)9-5-14)18-11-10-13-2-6-15(19)7-3-13/h2,4-7,9-10,13-14,17,19-20,22,25,27H,3,8,11-12,15-16H2,1H3,(H,24,28);2-9,12,17-21H,10-11H2,1H3/b7-2-,14-13+;/t17-,19-,20-,22-;12-,17-/m10/s1.